The molecule has 0 N–H and O–H groups in total. The monoisotopic (exact) mass is 418 g/mol. The van der Waals surface area contributed by atoms with Crippen LogP contribution in [-0.4, -0.2) is 55.6 Å². The van der Waals surface area contributed by atoms with Crippen molar-refractivity contribution in [3.05, 3.63) is 91.0 Å². The van der Waals surface area contributed by atoms with Crippen LogP contribution in [0.2, 0.25) is 0 Å². The molecule has 0 saturated carbocycles. The van der Waals surface area contributed by atoms with Gasteiger partial charge in [0.15, 0.2) is 5.78 Å². The van der Waals surface area contributed by atoms with E-state index in [1.807, 2.05) is 42.5 Å². The molecule has 1 aliphatic heterocycles. The molecule has 1 unspecified atom stereocenters. The number of benzene rings is 2. The van der Waals surface area contributed by atoms with Crippen molar-refractivity contribution in [3.63, 3.8) is 0 Å². The van der Waals surface area contributed by atoms with Crippen molar-refractivity contribution in [2.75, 3.05) is 44.3 Å². The van der Waals surface area contributed by atoms with Crippen molar-refractivity contribution in [2.45, 2.75) is 25.3 Å². The lowest BCUT2D eigenvalue weighted by Gasteiger charge is -2.42. The number of carbonyl (C=O) groups excluding carboxylic acids is 1. The van der Waals surface area contributed by atoms with Gasteiger partial charge in [0.2, 0.25) is 0 Å². The van der Waals surface area contributed by atoms with E-state index < -0.39 is 5.54 Å². The van der Waals surface area contributed by atoms with Gasteiger partial charge in [-0.15, -0.1) is 13.2 Å². The Hall–Kier alpha value is -2.69. The van der Waals surface area contributed by atoms with Crippen molar-refractivity contribution in [1.82, 2.24) is 4.90 Å². The van der Waals surface area contributed by atoms with Gasteiger partial charge >= 0.3 is 0 Å². The normalized spacial score (nSPS) is 16.0. The van der Waals surface area contributed by atoms with Crippen molar-refractivity contribution in [1.29, 1.82) is 0 Å². The number of ketones is 1. The third-order valence-corrected chi connectivity index (χ3v) is 6.16. The first-order valence-corrected chi connectivity index (χ1v) is 11.1. The Morgan fingerprint density at radius 1 is 1.03 bits per heavy atom. The van der Waals surface area contributed by atoms with Crippen LogP contribution in [0.1, 0.15) is 29.3 Å². The Balaban J connectivity index is 1.95. The fourth-order valence-corrected chi connectivity index (χ4v) is 4.43. The number of ether oxygens (including phenoxy) is 1. The van der Waals surface area contributed by atoms with Crippen molar-refractivity contribution < 1.29 is 9.53 Å². The van der Waals surface area contributed by atoms with E-state index in [1.165, 1.54) is 0 Å². The Morgan fingerprint density at radius 2 is 1.65 bits per heavy atom. The zero-order chi connectivity index (χ0) is 22.1. The maximum Gasteiger partial charge on any atom is 0.183 e. The molecule has 0 bridgehead atoms. The summed E-state index contributed by atoms with van der Waals surface area (Å²) in [7, 11) is 0. The second-order valence-corrected chi connectivity index (χ2v) is 8.01. The van der Waals surface area contributed by atoms with E-state index in [4.69, 9.17) is 4.74 Å². The van der Waals surface area contributed by atoms with Crippen LogP contribution in [-0.2, 0) is 11.2 Å². The molecule has 4 nitrogen and oxygen atoms in total. The summed E-state index contributed by atoms with van der Waals surface area (Å²) in [6, 6.07) is 18.3. The highest BCUT2D eigenvalue weighted by Crippen LogP contribution is 2.30. The van der Waals surface area contributed by atoms with Crippen LogP contribution in [0.15, 0.2) is 79.9 Å². The number of hydrogen-bond acceptors (Lipinski definition) is 4. The maximum atomic E-state index is 14.0. The average Bonchev–Trinajstić information content (AvgIpc) is 2.83. The number of morpholine rings is 1. The van der Waals surface area contributed by atoms with Gasteiger partial charge in [0.05, 0.1) is 18.8 Å². The van der Waals surface area contributed by atoms with Gasteiger partial charge in [0.1, 0.15) is 0 Å². The zero-order valence-corrected chi connectivity index (χ0v) is 18.6. The molecule has 0 aromatic heterocycles. The molecule has 2 aromatic carbocycles. The molecular weight excluding hydrogens is 384 g/mol. The first kappa shape index (κ1) is 23.0. The van der Waals surface area contributed by atoms with Gasteiger partial charge in [-0.05, 0) is 42.7 Å². The molecule has 0 amide bonds. The summed E-state index contributed by atoms with van der Waals surface area (Å²) in [6.07, 6.45) is 5.09. The van der Waals surface area contributed by atoms with Gasteiger partial charge < -0.3 is 9.64 Å². The molecule has 4 heteroatoms. The smallest absolute Gasteiger partial charge is 0.183 e. The molecule has 1 aliphatic rings. The summed E-state index contributed by atoms with van der Waals surface area (Å²) in [5, 5.41) is 0. The quantitative estimate of drug-likeness (QED) is 0.389. The second kappa shape index (κ2) is 11.1. The summed E-state index contributed by atoms with van der Waals surface area (Å²) in [4.78, 5) is 18.5. The van der Waals surface area contributed by atoms with Crippen LogP contribution < -0.4 is 4.90 Å². The number of nitrogens with zero attached hydrogens (tertiary/aromatic N) is 2. The highest BCUT2D eigenvalue weighted by molar-refractivity contribution is 6.03. The molecule has 164 valence electrons. The number of anilines is 1. The van der Waals surface area contributed by atoms with Crippen molar-refractivity contribution in [3.8, 4) is 0 Å². The van der Waals surface area contributed by atoms with E-state index >= 15 is 0 Å². The Morgan fingerprint density at radius 3 is 2.19 bits per heavy atom. The van der Waals surface area contributed by atoms with Gasteiger partial charge in [-0.25, -0.2) is 0 Å². The van der Waals surface area contributed by atoms with Gasteiger partial charge in [0, 0.05) is 37.4 Å². The fraction of sp³-hybridized carbons (Fsp3) is 0.370. The first-order chi connectivity index (χ1) is 15.1. The molecule has 1 fully saturated rings. The van der Waals surface area contributed by atoms with E-state index in [9.17, 15) is 4.79 Å². The fourth-order valence-electron chi connectivity index (χ4n) is 4.43. The zero-order valence-electron chi connectivity index (χ0n) is 18.6. The van der Waals surface area contributed by atoms with E-state index in [0.29, 0.717) is 25.9 Å². The molecule has 1 atom stereocenters. The molecule has 1 heterocycles. The summed E-state index contributed by atoms with van der Waals surface area (Å²) in [6.45, 7) is 14.5. The van der Waals surface area contributed by atoms with Crippen LogP contribution in [0.5, 0.6) is 0 Å². The van der Waals surface area contributed by atoms with Gasteiger partial charge in [-0.2, -0.15) is 0 Å². The van der Waals surface area contributed by atoms with Gasteiger partial charge in [-0.3, -0.25) is 9.69 Å². The molecule has 0 radical (unpaired) electrons. The molecule has 31 heavy (non-hydrogen) atoms. The highest BCUT2D eigenvalue weighted by atomic mass is 16.5. The topological polar surface area (TPSA) is 32.8 Å². The maximum absolute atomic E-state index is 14.0. The van der Waals surface area contributed by atoms with Gasteiger partial charge in [-0.1, -0.05) is 49.4 Å². The van der Waals surface area contributed by atoms with Crippen LogP contribution in [0.3, 0.4) is 0 Å². The van der Waals surface area contributed by atoms with E-state index in [2.05, 4.69) is 54.1 Å². The molecule has 3 rings (SSSR count). The summed E-state index contributed by atoms with van der Waals surface area (Å²) in [5.74, 6) is 0.149. The van der Waals surface area contributed by atoms with E-state index in [0.717, 1.165) is 43.1 Å². The lowest BCUT2D eigenvalue weighted by molar-refractivity contribution is 0.0590. The Kier molecular flexibility index (Phi) is 8.21. The third kappa shape index (κ3) is 5.33. The minimum absolute atomic E-state index is 0.149. The van der Waals surface area contributed by atoms with Crippen LogP contribution in [0, 0.1) is 0 Å². The highest BCUT2D eigenvalue weighted by Gasteiger charge is 2.42. The minimum atomic E-state index is -0.662. The molecule has 0 aliphatic carbocycles. The molecule has 2 aromatic rings. The van der Waals surface area contributed by atoms with Crippen LogP contribution in [0.4, 0.5) is 5.69 Å². The summed E-state index contributed by atoms with van der Waals surface area (Å²) in [5.41, 5.74) is 2.37. The predicted molar refractivity (Wildman–Crippen MR) is 129 cm³/mol. The molecular formula is C27H34N2O2. The molecule has 1 saturated heterocycles. The first-order valence-electron chi connectivity index (χ1n) is 11.1. The second-order valence-electron chi connectivity index (χ2n) is 8.01. The molecule has 0 spiro atoms. The van der Waals surface area contributed by atoms with Crippen molar-refractivity contribution in [2.24, 2.45) is 0 Å². The minimum Gasteiger partial charge on any atom is -0.378 e. The number of rotatable bonds is 11. The van der Waals surface area contributed by atoms with Gasteiger partial charge in [0.25, 0.3) is 0 Å². The van der Waals surface area contributed by atoms with E-state index in [1.54, 1.807) is 0 Å². The predicted octanol–water partition coefficient (Wildman–Crippen LogP) is 4.77. The number of Topliss-reactive ketones (excluding diaryl/α,β-unsaturated/α-hetero) is 1. The van der Waals surface area contributed by atoms with Crippen LogP contribution >= 0.6 is 0 Å². The number of hydrogen-bond donors (Lipinski definition) is 0. The SMILES string of the molecule is C=CCN(CC=C)C(CC)(Cc1ccccc1)C(=O)c1ccc(N2CCOCC2)cc1. The average molecular weight is 419 g/mol. The lowest BCUT2D eigenvalue weighted by Crippen LogP contribution is -2.56. The van der Waals surface area contributed by atoms with E-state index in [-0.39, 0.29) is 5.78 Å². The summed E-state index contributed by atoms with van der Waals surface area (Å²) >= 11 is 0. The third-order valence-electron chi connectivity index (χ3n) is 6.16. The largest absolute Gasteiger partial charge is 0.378 e. The Labute approximate surface area is 186 Å². The van der Waals surface area contributed by atoms with Crippen molar-refractivity contribution >= 4 is 11.5 Å². The summed E-state index contributed by atoms with van der Waals surface area (Å²) < 4.78 is 5.45. The standard InChI is InChI=1S/C27H34N2O2/c1-4-16-29(17-5-2)27(6-3,22-23-10-8-7-9-11-23)26(30)24-12-14-25(15-13-24)28-18-20-31-21-19-28/h4-5,7-15H,1-2,6,16-22H2,3H3. The number of carbonyl (C=O) groups is 1. The van der Waals surface area contributed by atoms with Crippen LogP contribution in [0.25, 0.3) is 0 Å². The Bertz CT molecular complexity index is 847. The lowest BCUT2D eigenvalue weighted by atomic mass is 9.79.